The molecule has 3 rings (SSSR count). The summed E-state index contributed by atoms with van der Waals surface area (Å²) in [5.74, 6) is -0.475. The minimum Gasteiger partial charge on any atom is -0.376 e. The minimum atomic E-state index is -0.536. The van der Waals surface area contributed by atoms with Gasteiger partial charge in [-0.3, -0.25) is 0 Å². The van der Waals surface area contributed by atoms with E-state index >= 15 is 0 Å². The van der Waals surface area contributed by atoms with Crippen molar-refractivity contribution in [2.45, 2.75) is 41.4 Å². The molecule has 5 heteroatoms. The molecular formula is C11H16Cl2O3. The van der Waals surface area contributed by atoms with Crippen LogP contribution in [0.2, 0.25) is 0 Å². The number of ether oxygens (including phenoxy) is 3. The molecule has 0 amide bonds. The van der Waals surface area contributed by atoms with E-state index in [9.17, 15) is 0 Å². The van der Waals surface area contributed by atoms with Crippen molar-refractivity contribution in [3.8, 4) is 0 Å². The zero-order chi connectivity index (χ0) is 11.4. The number of hydrogen-bond donors (Lipinski definition) is 0. The van der Waals surface area contributed by atoms with Crippen LogP contribution in [-0.4, -0.2) is 42.5 Å². The Balaban J connectivity index is 1.94. The Morgan fingerprint density at radius 3 is 2.50 bits per heavy atom. The Morgan fingerprint density at radius 2 is 1.88 bits per heavy atom. The molecule has 92 valence electrons. The van der Waals surface area contributed by atoms with Crippen molar-refractivity contribution < 1.29 is 14.2 Å². The van der Waals surface area contributed by atoms with E-state index in [1.807, 2.05) is 0 Å². The predicted molar refractivity (Wildman–Crippen MR) is 61.0 cm³/mol. The van der Waals surface area contributed by atoms with Crippen LogP contribution in [0.1, 0.15) is 19.3 Å². The third-order valence-electron chi connectivity index (χ3n) is 4.31. The average molecular weight is 267 g/mol. The van der Waals surface area contributed by atoms with Gasteiger partial charge in [-0.15, -0.1) is 23.2 Å². The molecule has 0 bridgehead atoms. The second-order valence-corrected chi connectivity index (χ2v) is 5.82. The summed E-state index contributed by atoms with van der Waals surface area (Å²) >= 11 is 12.7. The maximum absolute atomic E-state index is 6.34. The maximum atomic E-state index is 6.34. The average Bonchev–Trinajstić information content (AvgIpc) is 2.76. The smallest absolute Gasteiger partial charge is 0.175 e. The maximum Gasteiger partial charge on any atom is 0.175 e. The highest BCUT2D eigenvalue weighted by Gasteiger charge is 2.72. The summed E-state index contributed by atoms with van der Waals surface area (Å²) in [5.41, 5.74) is -0.351. The van der Waals surface area contributed by atoms with Crippen molar-refractivity contribution in [3.63, 3.8) is 0 Å². The fourth-order valence-electron chi connectivity index (χ4n) is 3.57. The normalized spacial score (nSPS) is 50.1. The van der Waals surface area contributed by atoms with E-state index < -0.39 is 5.79 Å². The molecule has 0 aromatic carbocycles. The summed E-state index contributed by atoms with van der Waals surface area (Å²) in [7, 11) is 1.71. The lowest BCUT2D eigenvalue weighted by atomic mass is 9.58. The highest BCUT2D eigenvalue weighted by molar-refractivity contribution is 6.32. The fraction of sp³-hybridized carbons (Fsp3) is 1.00. The van der Waals surface area contributed by atoms with E-state index in [-0.39, 0.29) is 22.3 Å². The summed E-state index contributed by atoms with van der Waals surface area (Å²) < 4.78 is 17.3. The molecule has 2 saturated carbocycles. The monoisotopic (exact) mass is 266 g/mol. The number of rotatable bonds is 1. The summed E-state index contributed by atoms with van der Waals surface area (Å²) in [5, 5.41) is -0.269. The number of halogens is 2. The first-order valence-electron chi connectivity index (χ1n) is 5.77. The molecular weight excluding hydrogens is 251 g/mol. The lowest BCUT2D eigenvalue weighted by Gasteiger charge is -2.63. The first kappa shape index (κ1) is 11.5. The van der Waals surface area contributed by atoms with Crippen molar-refractivity contribution in [1.82, 2.24) is 0 Å². The number of fused-ring (bicyclic) bond motifs is 2. The predicted octanol–water partition coefficient (Wildman–Crippen LogP) is 2.14. The highest BCUT2D eigenvalue weighted by Crippen LogP contribution is 2.61. The standard InChI is InChI=1S/C11H16Cl2O3/c1-14-10-3-2-4-11(15-5-6-16-11)8(10)7(12)9(10)13/h7-9H,2-6H2,1H3/t7-,8-,9-,10-/m0/s1. The molecule has 0 aromatic rings. The van der Waals surface area contributed by atoms with Crippen LogP contribution in [-0.2, 0) is 14.2 Å². The molecule has 1 saturated heterocycles. The first-order valence-corrected chi connectivity index (χ1v) is 6.65. The Morgan fingerprint density at radius 1 is 1.19 bits per heavy atom. The molecule has 3 nitrogen and oxygen atoms in total. The molecule has 16 heavy (non-hydrogen) atoms. The van der Waals surface area contributed by atoms with Crippen LogP contribution < -0.4 is 0 Å². The minimum absolute atomic E-state index is 0.0606. The molecule has 1 aliphatic heterocycles. The second-order valence-electron chi connectivity index (χ2n) is 4.85. The second kappa shape index (κ2) is 3.72. The van der Waals surface area contributed by atoms with Crippen molar-refractivity contribution in [2.24, 2.45) is 5.92 Å². The van der Waals surface area contributed by atoms with Crippen LogP contribution in [0.5, 0.6) is 0 Å². The Bertz CT molecular complexity index is 287. The van der Waals surface area contributed by atoms with E-state index in [4.69, 9.17) is 37.4 Å². The molecule has 3 fully saturated rings. The third-order valence-corrected chi connectivity index (χ3v) is 5.59. The van der Waals surface area contributed by atoms with Gasteiger partial charge in [0.15, 0.2) is 5.79 Å². The van der Waals surface area contributed by atoms with Crippen molar-refractivity contribution in [2.75, 3.05) is 20.3 Å². The van der Waals surface area contributed by atoms with Gasteiger partial charge in [-0.25, -0.2) is 0 Å². The fourth-order valence-corrected chi connectivity index (χ4v) is 4.67. The first-order chi connectivity index (χ1) is 7.66. The van der Waals surface area contributed by atoms with Gasteiger partial charge >= 0.3 is 0 Å². The number of methoxy groups -OCH3 is 1. The summed E-state index contributed by atoms with van der Waals surface area (Å²) in [6.07, 6.45) is 2.85. The molecule has 1 spiro atoms. The zero-order valence-corrected chi connectivity index (χ0v) is 10.8. The largest absolute Gasteiger partial charge is 0.376 e. The SMILES string of the molecule is CO[C@@]12CCCC3(OCCO3)[C@H]1[C@H](Cl)[C@@H]2Cl. The van der Waals surface area contributed by atoms with Gasteiger partial charge < -0.3 is 14.2 Å². The lowest BCUT2D eigenvalue weighted by molar-refractivity contribution is -0.297. The van der Waals surface area contributed by atoms with E-state index in [0.29, 0.717) is 13.2 Å². The van der Waals surface area contributed by atoms with Gasteiger partial charge in [-0.05, 0) is 12.8 Å². The quantitative estimate of drug-likeness (QED) is 0.681. The van der Waals surface area contributed by atoms with Crippen LogP contribution in [0, 0.1) is 5.92 Å². The molecule has 0 N–H and O–H groups in total. The topological polar surface area (TPSA) is 27.7 Å². The Hall–Kier alpha value is 0.460. The van der Waals surface area contributed by atoms with Gasteiger partial charge in [0.2, 0.25) is 0 Å². The van der Waals surface area contributed by atoms with Crippen LogP contribution in [0.4, 0.5) is 0 Å². The van der Waals surface area contributed by atoms with Crippen molar-refractivity contribution >= 4 is 23.2 Å². The van der Waals surface area contributed by atoms with E-state index in [2.05, 4.69) is 0 Å². The lowest BCUT2D eigenvalue weighted by Crippen LogP contribution is -2.75. The van der Waals surface area contributed by atoms with Crippen LogP contribution in [0.15, 0.2) is 0 Å². The van der Waals surface area contributed by atoms with Crippen molar-refractivity contribution in [3.05, 3.63) is 0 Å². The van der Waals surface area contributed by atoms with Crippen LogP contribution >= 0.6 is 23.2 Å². The van der Waals surface area contributed by atoms with Gasteiger partial charge in [-0.2, -0.15) is 0 Å². The van der Waals surface area contributed by atoms with Gasteiger partial charge in [0.25, 0.3) is 0 Å². The Labute approximate surface area is 105 Å². The van der Waals surface area contributed by atoms with E-state index in [1.165, 1.54) is 0 Å². The summed E-state index contributed by atoms with van der Waals surface area (Å²) in [6, 6.07) is 0. The molecule has 0 unspecified atom stereocenters. The molecule has 4 atom stereocenters. The third kappa shape index (κ3) is 1.21. The highest BCUT2D eigenvalue weighted by atomic mass is 35.5. The molecule has 0 aromatic heterocycles. The molecule has 3 aliphatic rings. The number of hydrogen-bond acceptors (Lipinski definition) is 3. The molecule has 0 radical (unpaired) electrons. The van der Waals surface area contributed by atoms with E-state index in [0.717, 1.165) is 19.3 Å². The summed E-state index contributed by atoms with van der Waals surface area (Å²) in [4.78, 5) is 0. The molecule has 1 heterocycles. The van der Waals surface area contributed by atoms with Gasteiger partial charge in [0, 0.05) is 13.5 Å². The number of alkyl halides is 2. The van der Waals surface area contributed by atoms with E-state index in [1.54, 1.807) is 7.11 Å². The van der Waals surface area contributed by atoms with Gasteiger partial charge in [0.1, 0.15) is 0 Å². The zero-order valence-electron chi connectivity index (χ0n) is 9.25. The summed E-state index contributed by atoms with van der Waals surface area (Å²) in [6.45, 7) is 1.29. The van der Waals surface area contributed by atoms with Crippen molar-refractivity contribution in [1.29, 1.82) is 0 Å². The Kier molecular flexibility index (Phi) is 2.69. The van der Waals surface area contributed by atoms with Gasteiger partial charge in [0.05, 0.1) is 35.5 Å². The molecule has 2 aliphatic carbocycles. The van der Waals surface area contributed by atoms with Crippen LogP contribution in [0.25, 0.3) is 0 Å². The van der Waals surface area contributed by atoms with Crippen LogP contribution in [0.3, 0.4) is 0 Å². The van der Waals surface area contributed by atoms with Gasteiger partial charge in [-0.1, -0.05) is 0 Å².